The molecule has 0 saturated heterocycles. The molecular weight excluding hydrogens is 372 g/mol. The minimum Gasteiger partial charge on any atom is -0.493 e. The normalized spacial score (nSPS) is 10.7. The van der Waals surface area contributed by atoms with Crippen molar-refractivity contribution in [1.82, 2.24) is 4.98 Å². The van der Waals surface area contributed by atoms with Gasteiger partial charge in [-0.15, -0.1) is 0 Å². The van der Waals surface area contributed by atoms with Gasteiger partial charge in [0.1, 0.15) is 5.69 Å². The fourth-order valence-corrected chi connectivity index (χ4v) is 2.89. The summed E-state index contributed by atoms with van der Waals surface area (Å²) in [4.78, 5) is 15.7. The van der Waals surface area contributed by atoms with E-state index in [4.69, 9.17) is 9.47 Å². The average Bonchev–Trinajstić information content (AvgIpc) is 2.99. The third kappa shape index (κ3) is 3.10. The van der Waals surface area contributed by atoms with Crippen LogP contribution in [-0.4, -0.2) is 25.1 Å². The lowest BCUT2D eigenvalue weighted by Crippen LogP contribution is -2.13. The number of amides is 1. The van der Waals surface area contributed by atoms with Crippen LogP contribution in [0.1, 0.15) is 16.1 Å². The number of carbonyl (C=O) groups is 1. The molecule has 3 rings (SSSR count). The van der Waals surface area contributed by atoms with Crippen LogP contribution in [0.5, 0.6) is 11.5 Å². The Hall–Kier alpha value is -2.47. The van der Waals surface area contributed by atoms with Crippen molar-refractivity contribution in [2.24, 2.45) is 0 Å². The number of methoxy groups -OCH3 is 2. The van der Waals surface area contributed by atoms with Gasteiger partial charge >= 0.3 is 0 Å². The van der Waals surface area contributed by atoms with Crippen LogP contribution in [-0.2, 0) is 0 Å². The summed E-state index contributed by atoms with van der Waals surface area (Å²) in [6.45, 7) is 1.90. The number of H-pyrrole nitrogens is 1. The first-order valence-corrected chi connectivity index (χ1v) is 8.13. The Labute approximate surface area is 148 Å². The maximum atomic E-state index is 12.5. The van der Waals surface area contributed by atoms with Crippen LogP contribution in [0.2, 0.25) is 0 Å². The van der Waals surface area contributed by atoms with E-state index in [-0.39, 0.29) is 5.91 Å². The Balaban J connectivity index is 1.90. The second-order valence-corrected chi connectivity index (χ2v) is 6.31. The number of aryl methyl sites for hydroxylation is 1. The standard InChI is InChI=1S/C18H17BrN2O3/c1-10-6-16(23-2)17(24-3)9-13(10)21-18(22)15-7-11-4-5-12(19)8-14(11)20-15/h4-9,20H,1-3H3,(H,21,22). The van der Waals surface area contributed by atoms with Crippen LogP contribution in [0.4, 0.5) is 5.69 Å². The number of benzene rings is 2. The highest BCUT2D eigenvalue weighted by molar-refractivity contribution is 9.10. The number of fused-ring (bicyclic) bond motifs is 1. The molecule has 0 bridgehead atoms. The Bertz CT molecular complexity index is 918. The van der Waals surface area contributed by atoms with Gasteiger partial charge < -0.3 is 19.8 Å². The quantitative estimate of drug-likeness (QED) is 0.690. The molecule has 0 aliphatic rings. The van der Waals surface area contributed by atoms with Crippen molar-refractivity contribution in [3.63, 3.8) is 0 Å². The minimum atomic E-state index is -0.211. The zero-order valence-corrected chi connectivity index (χ0v) is 15.2. The molecule has 1 aromatic heterocycles. The molecule has 0 atom stereocenters. The number of halogens is 1. The lowest BCUT2D eigenvalue weighted by Gasteiger charge is -2.13. The van der Waals surface area contributed by atoms with Gasteiger partial charge in [0, 0.05) is 27.1 Å². The summed E-state index contributed by atoms with van der Waals surface area (Å²) in [6.07, 6.45) is 0. The van der Waals surface area contributed by atoms with E-state index < -0.39 is 0 Å². The van der Waals surface area contributed by atoms with Crippen molar-refractivity contribution in [3.8, 4) is 11.5 Å². The molecule has 2 N–H and O–H groups in total. The summed E-state index contributed by atoms with van der Waals surface area (Å²) >= 11 is 3.43. The van der Waals surface area contributed by atoms with E-state index in [0.29, 0.717) is 22.9 Å². The number of hydrogen-bond donors (Lipinski definition) is 2. The molecule has 24 heavy (non-hydrogen) atoms. The van der Waals surface area contributed by atoms with E-state index in [1.165, 1.54) is 0 Å². The van der Waals surface area contributed by atoms with Gasteiger partial charge in [-0.2, -0.15) is 0 Å². The average molecular weight is 389 g/mol. The number of ether oxygens (including phenoxy) is 2. The van der Waals surface area contributed by atoms with E-state index in [1.54, 1.807) is 20.3 Å². The van der Waals surface area contributed by atoms with Gasteiger partial charge in [0.05, 0.1) is 14.2 Å². The largest absolute Gasteiger partial charge is 0.493 e. The second kappa shape index (κ2) is 6.57. The summed E-state index contributed by atoms with van der Waals surface area (Å²) in [5.41, 5.74) is 2.97. The van der Waals surface area contributed by atoms with Gasteiger partial charge in [-0.25, -0.2) is 0 Å². The summed E-state index contributed by atoms with van der Waals surface area (Å²) in [6, 6.07) is 11.2. The molecule has 0 spiro atoms. The zero-order chi connectivity index (χ0) is 17.3. The van der Waals surface area contributed by atoms with Crippen molar-refractivity contribution >= 4 is 38.4 Å². The molecule has 2 aromatic carbocycles. The smallest absolute Gasteiger partial charge is 0.272 e. The molecule has 0 aliphatic heterocycles. The molecule has 3 aromatic rings. The van der Waals surface area contributed by atoms with E-state index in [1.807, 2.05) is 37.3 Å². The Morgan fingerprint density at radius 2 is 1.79 bits per heavy atom. The van der Waals surface area contributed by atoms with Gasteiger partial charge in [-0.1, -0.05) is 22.0 Å². The molecule has 5 nitrogen and oxygen atoms in total. The first kappa shape index (κ1) is 16.4. The monoisotopic (exact) mass is 388 g/mol. The molecule has 0 fully saturated rings. The van der Waals surface area contributed by atoms with Crippen LogP contribution < -0.4 is 14.8 Å². The minimum absolute atomic E-state index is 0.211. The van der Waals surface area contributed by atoms with Crippen LogP contribution >= 0.6 is 15.9 Å². The summed E-state index contributed by atoms with van der Waals surface area (Å²) in [5.74, 6) is 0.986. The number of carbonyl (C=O) groups excluding carboxylic acids is 1. The summed E-state index contributed by atoms with van der Waals surface area (Å²) in [5, 5.41) is 3.89. The van der Waals surface area contributed by atoms with E-state index in [0.717, 1.165) is 20.9 Å². The summed E-state index contributed by atoms with van der Waals surface area (Å²) < 4.78 is 11.5. The third-order valence-corrected chi connectivity index (χ3v) is 4.30. The molecule has 1 amide bonds. The molecule has 0 aliphatic carbocycles. The van der Waals surface area contributed by atoms with Crippen molar-refractivity contribution in [2.75, 3.05) is 19.5 Å². The highest BCUT2D eigenvalue weighted by atomic mass is 79.9. The maximum Gasteiger partial charge on any atom is 0.272 e. The van der Waals surface area contributed by atoms with Crippen LogP contribution in [0, 0.1) is 6.92 Å². The van der Waals surface area contributed by atoms with Crippen LogP contribution in [0.25, 0.3) is 10.9 Å². The van der Waals surface area contributed by atoms with Crippen molar-refractivity contribution < 1.29 is 14.3 Å². The highest BCUT2D eigenvalue weighted by Crippen LogP contribution is 2.33. The van der Waals surface area contributed by atoms with E-state index in [9.17, 15) is 4.79 Å². The van der Waals surface area contributed by atoms with Gasteiger partial charge in [0.2, 0.25) is 0 Å². The number of aromatic nitrogens is 1. The van der Waals surface area contributed by atoms with Crippen molar-refractivity contribution in [2.45, 2.75) is 6.92 Å². The van der Waals surface area contributed by atoms with E-state index in [2.05, 4.69) is 26.2 Å². The molecule has 124 valence electrons. The van der Waals surface area contributed by atoms with Crippen LogP contribution in [0.3, 0.4) is 0 Å². The number of nitrogens with one attached hydrogen (secondary N) is 2. The van der Waals surface area contributed by atoms with Crippen molar-refractivity contribution in [3.05, 3.63) is 52.1 Å². The first-order valence-electron chi connectivity index (χ1n) is 7.34. The first-order chi connectivity index (χ1) is 11.5. The lowest BCUT2D eigenvalue weighted by molar-refractivity contribution is 0.102. The Morgan fingerprint density at radius 1 is 1.08 bits per heavy atom. The van der Waals surface area contributed by atoms with Crippen molar-refractivity contribution in [1.29, 1.82) is 0 Å². The van der Waals surface area contributed by atoms with Crippen LogP contribution in [0.15, 0.2) is 40.9 Å². The zero-order valence-electron chi connectivity index (χ0n) is 13.6. The molecule has 6 heteroatoms. The SMILES string of the molecule is COc1cc(C)c(NC(=O)c2cc3ccc(Br)cc3[nH]2)cc1OC. The highest BCUT2D eigenvalue weighted by Gasteiger charge is 2.14. The Morgan fingerprint density at radius 3 is 2.50 bits per heavy atom. The number of anilines is 1. The molecule has 1 heterocycles. The van der Waals surface area contributed by atoms with Gasteiger partial charge in [0.25, 0.3) is 5.91 Å². The van der Waals surface area contributed by atoms with Gasteiger partial charge in [-0.3, -0.25) is 4.79 Å². The van der Waals surface area contributed by atoms with E-state index >= 15 is 0 Å². The fraction of sp³-hybridized carbons (Fsp3) is 0.167. The fourth-order valence-electron chi connectivity index (χ4n) is 2.53. The predicted octanol–water partition coefficient (Wildman–Crippen LogP) is 4.51. The molecule has 0 radical (unpaired) electrons. The van der Waals surface area contributed by atoms with Gasteiger partial charge in [0.15, 0.2) is 11.5 Å². The number of hydrogen-bond acceptors (Lipinski definition) is 3. The molecule has 0 unspecified atom stereocenters. The lowest BCUT2D eigenvalue weighted by atomic mass is 10.1. The third-order valence-electron chi connectivity index (χ3n) is 3.81. The molecule has 0 saturated carbocycles. The summed E-state index contributed by atoms with van der Waals surface area (Å²) in [7, 11) is 3.15. The maximum absolute atomic E-state index is 12.5. The number of aromatic amines is 1. The topological polar surface area (TPSA) is 63.3 Å². The predicted molar refractivity (Wildman–Crippen MR) is 98.2 cm³/mol. The molecular formula is C18H17BrN2O3. The number of rotatable bonds is 4. The second-order valence-electron chi connectivity index (χ2n) is 5.39. The Kier molecular flexibility index (Phi) is 4.49. The van der Waals surface area contributed by atoms with Gasteiger partial charge in [-0.05, 0) is 36.8 Å².